The lowest BCUT2D eigenvalue weighted by Gasteiger charge is -2.34. The minimum absolute atomic E-state index is 0.0228. The van der Waals surface area contributed by atoms with E-state index in [9.17, 15) is 9.59 Å². The zero-order valence-electron chi connectivity index (χ0n) is 16.2. The first kappa shape index (κ1) is 20.4. The highest BCUT2D eigenvalue weighted by Gasteiger charge is 2.21. The van der Waals surface area contributed by atoms with Gasteiger partial charge in [-0.3, -0.25) is 14.5 Å². The Morgan fingerprint density at radius 3 is 2.50 bits per heavy atom. The Balaban J connectivity index is 1.36. The van der Waals surface area contributed by atoms with Gasteiger partial charge < -0.3 is 15.0 Å². The zero-order valence-corrected chi connectivity index (χ0v) is 17.0. The monoisotopic (exact) mass is 401 g/mol. The third-order valence-electron chi connectivity index (χ3n) is 4.81. The summed E-state index contributed by atoms with van der Waals surface area (Å²) in [6.07, 6.45) is 0.420. The molecule has 0 aliphatic carbocycles. The van der Waals surface area contributed by atoms with E-state index < -0.39 is 0 Å². The van der Waals surface area contributed by atoms with Crippen molar-refractivity contribution in [2.45, 2.75) is 13.3 Å². The largest absolute Gasteiger partial charge is 0.494 e. The minimum Gasteiger partial charge on any atom is -0.494 e. The van der Waals surface area contributed by atoms with Crippen LogP contribution in [0.4, 0.5) is 0 Å². The van der Waals surface area contributed by atoms with Gasteiger partial charge in [0.15, 0.2) is 0 Å². The Kier molecular flexibility index (Phi) is 7.45. The Hall–Kier alpha value is -2.38. The van der Waals surface area contributed by atoms with Crippen molar-refractivity contribution in [2.24, 2.45) is 0 Å². The van der Waals surface area contributed by atoms with Crippen molar-refractivity contribution in [1.29, 1.82) is 0 Å². The molecule has 1 saturated heterocycles. The van der Waals surface area contributed by atoms with E-state index in [-0.39, 0.29) is 11.8 Å². The van der Waals surface area contributed by atoms with Crippen molar-refractivity contribution < 1.29 is 14.3 Å². The Labute approximate surface area is 170 Å². The number of hydrogen-bond acceptors (Lipinski definition) is 5. The van der Waals surface area contributed by atoms with E-state index in [4.69, 9.17) is 4.74 Å². The van der Waals surface area contributed by atoms with Gasteiger partial charge in [0.1, 0.15) is 5.75 Å². The van der Waals surface area contributed by atoms with E-state index in [0.717, 1.165) is 49.6 Å². The molecule has 1 fully saturated rings. The van der Waals surface area contributed by atoms with Crippen LogP contribution < -0.4 is 10.1 Å². The Morgan fingerprint density at radius 1 is 1.11 bits per heavy atom. The molecule has 1 N–H and O–H groups in total. The van der Waals surface area contributed by atoms with Crippen LogP contribution in [0.5, 0.6) is 5.75 Å². The molecule has 0 saturated carbocycles. The first-order valence-corrected chi connectivity index (χ1v) is 10.6. The summed E-state index contributed by atoms with van der Waals surface area (Å²) in [7, 11) is 0. The molecule has 0 spiro atoms. The lowest BCUT2D eigenvalue weighted by Crippen LogP contribution is -2.50. The maximum absolute atomic E-state index is 12.5. The van der Waals surface area contributed by atoms with Gasteiger partial charge in [0.2, 0.25) is 5.91 Å². The second-order valence-corrected chi connectivity index (χ2v) is 7.52. The molecule has 28 heavy (non-hydrogen) atoms. The number of ether oxygens (including phenoxy) is 1. The number of piperazine rings is 1. The smallest absolute Gasteiger partial charge is 0.252 e. The van der Waals surface area contributed by atoms with E-state index in [2.05, 4.69) is 10.2 Å². The summed E-state index contributed by atoms with van der Waals surface area (Å²) in [5.41, 5.74) is 1.72. The summed E-state index contributed by atoms with van der Waals surface area (Å²) in [6.45, 7) is 7.15. The maximum Gasteiger partial charge on any atom is 0.252 e. The molecule has 2 heterocycles. The van der Waals surface area contributed by atoms with Gasteiger partial charge in [-0.1, -0.05) is 12.1 Å². The fraction of sp³-hybridized carbons (Fsp3) is 0.429. The number of thiophene rings is 1. The summed E-state index contributed by atoms with van der Waals surface area (Å²) in [4.78, 5) is 28.7. The number of benzene rings is 1. The third-order valence-corrected chi connectivity index (χ3v) is 5.49. The minimum atomic E-state index is -0.0228. The summed E-state index contributed by atoms with van der Waals surface area (Å²) in [5, 5.41) is 6.70. The second-order valence-electron chi connectivity index (χ2n) is 6.74. The summed E-state index contributed by atoms with van der Waals surface area (Å²) >= 11 is 1.52. The first-order chi connectivity index (χ1) is 13.7. The van der Waals surface area contributed by atoms with Crippen LogP contribution in [0.1, 0.15) is 22.8 Å². The van der Waals surface area contributed by atoms with Crippen molar-refractivity contribution in [3.05, 3.63) is 52.2 Å². The van der Waals surface area contributed by atoms with Crippen LogP contribution in [-0.4, -0.2) is 67.5 Å². The standard InChI is InChI=1S/C21H27N3O3S/c1-2-27-19-5-3-17(4-6-19)15-20(25)24-12-10-23(11-13-24)9-8-22-21(26)18-7-14-28-16-18/h3-7,14,16H,2,8-13,15H2,1H3,(H,22,26). The van der Waals surface area contributed by atoms with Gasteiger partial charge in [-0.25, -0.2) is 0 Å². The van der Waals surface area contributed by atoms with Crippen LogP contribution in [0.25, 0.3) is 0 Å². The van der Waals surface area contributed by atoms with Crippen LogP contribution in [-0.2, 0) is 11.2 Å². The molecule has 1 aliphatic heterocycles. The molecule has 2 aromatic rings. The second kappa shape index (κ2) is 10.2. The number of carbonyl (C=O) groups excluding carboxylic acids is 2. The Bertz CT molecular complexity index is 754. The van der Waals surface area contributed by atoms with E-state index in [1.807, 2.05) is 52.9 Å². The van der Waals surface area contributed by atoms with Crippen LogP contribution >= 0.6 is 11.3 Å². The number of carbonyl (C=O) groups is 2. The van der Waals surface area contributed by atoms with Crippen molar-refractivity contribution in [2.75, 3.05) is 45.9 Å². The molecule has 2 amide bonds. The SMILES string of the molecule is CCOc1ccc(CC(=O)N2CCN(CCNC(=O)c3ccsc3)CC2)cc1. The van der Waals surface area contributed by atoms with Crippen molar-refractivity contribution in [3.8, 4) is 5.75 Å². The summed E-state index contributed by atoms with van der Waals surface area (Å²) in [6, 6.07) is 9.56. The summed E-state index contributed by atoms with van der Waals surface area (Å²) < 4.78 is 5.44. The topological polar surface area (TPSA) is 61.9 Å². The quantitative estimate of drug-likeness (QED) is 0.737. The molecular formula is C21H27N3O3S. The number of nitrogens with one attached hydrogen (secondary N) is 1. The first-order valence-electron chi connectivity index (χ1n) is 9.68. The highest BCUT2D eigenvalue weighted by Crippen LogP contribution is 2.14. The molecule has 150 valence electrons. The Morgan fingerprint density at radius 2 is 1.86 bits per heavy atom. The van der Waals surface area contributed by atoms with Gasteiger partial charge in [0.05, 0.1) is 13.0 Å². The van der Waals surface area contributed by atoms with Crippen LogP contribution in [0.3, 0.4) is 0 Å². The highest BCUT2D eigenvalue weighted by molar-refractivity contribution is 7.08. The molecule has 7 heteroatoms. The molecule has 0 unspecified atom stereocenters. The molecule has 1 aromatic heterocycles. The summed E-state index contributed by atoms with van der Waals surface area (Å²) in [5.74, 6) is 0.971. The van der Waals surface area contributed by atoms with Crippen molar-refractivity contribution >= 4 is 23.2 Å². The van der Waals surface area contributed by atoms with Gasteiger partial charge in [0.25, 0.3) is 5.91 Å². The molecule has 6 nitrogen and oxygen atoms in total. The molecule has 3 rings (SSSR count). The lowest BCUT2D eigenvalue weighted by molar-refractivity contribution is -0.132. The van der Waals surface area contributed by atoms with Gasteiger partial charge in [-0.05, 0) is 36.1 Å². The van der Waals surface area contributed by atoms with Crippen LogP contribution in [0.15, 0.2) is 41.1 Å². The van der Waals surface area contributed by atoms with Gasteiger partial charge in [0, 0.05) is 50.2 Å². The predicted molar refractivity (Wildman–Crippen MR) is 111 cm³/mol. The third kappa shape index (κ3) is 5.81. The van der Waals surface area contributed by atoms with E-state index in [0.29, 0.717) is 19.6 Å². The zero-order chi connectivity index (χ0) is 19.8. The fourth-order valence-corrected chi connectivity index (χ4v) is 3.84. The number of nitrogens with zero attached hydrogens (tertiary/aromatic N) is 2. The lowest BCUT2D eigenvalue weighted by atomic mass is 10.1. The number of hydrogen-bond donors (Lipinski definition) is 1. The number of amides is 2. The van der Waals surface area contributed by atoms with E-state index >= 15 is 0 Å². The molecule has 0 atom stereocenters. The van der Waals surface area contributed by atoms with Gasteiger partial charge >= 0.3 is 0 Å². The molecule has 0 bridgehead atoms. The van der Waals surface area contributed by atoms with E-state index in [1.165, 1.54) is 11.3 Å². The van der Waals surface area contributed by atoms with Crippen molar-refractivity contribution in [3.63, 3.8) is 0 Å². The van der Waals surface area contributed by atoms with Crippen LogP contribution in [0, 0.1) is 0 Å². The maximum atomic E-state index is 12.5. The van der Waals surface area contributed by atoms with Gasteiger partial charge in [-0.15, -0.1) is 0 Å². The molecular weight excluding hydrogens is 374 g/mol. The molecule has 1 aromatic carbocycles. The highest BCUT2D eigenvalue weighted by atomic mass is 32.1. The predicted octanol–water partition coefficient (Wildman–Crippen LogP) is 2.26. The fourth-order valence-electron chi connectivity index (χ4n) is 3.20. The average Bonchev–Trinajstić information content (AvgIpc) is 3.25. The van der Waals surface area contributed by atoms with Crippen molar-refractivity contribution in [1.82, 2.24) is 15.1 Å². The average molecular weight is 402 g/mol. The number of rotatable bonds is 8. The molecule has 1 aliphatic rings. The van der Waals surface area contributed by atoms with E-state index in [1.54, 1.807) is 0 Å². The van der Waals surface area contributed by atoms with Crippen LogP contribution in [0.2, 0.25) is 0 Å². The normalized spacial score (nSPS) is 14.7. The van der Waals surface area contributed by atoms with Gasteiger partial charge in [-0.2, -0.15) is 11.3 Å². The molecule has 0 radical (unpaired) electrons.